The first-order valence-corrected chi connectivity index (χ1v) is 10.8. The van der Waals surface area contributed by atoms with Gasteiger partial charge in [0.25, 0.3) is 5.91 Å². The zero-order chi connectivity index (χ0) is 21.1. The van der Waals surface area contributed by atoms with Crippen molar-refractivity contribution in [3.63, 3.8) is 0 Å². The lowest BCUT2D eigenvalue weighted by Gasteiger charge is -2.38. The molecule has 30 heavy (non-hydrogen) atoms. The van der Waals surface area contributed by atoms with Gasteiger partial charge < -0.3 is 9.64 Å². The number of halogens is 1. The lowest BCUT2D eigenvalue weighted by Crippen LogP contribution is -2.52. The second-order valence-electron chi connectivity index (χ2n) is 7.61. The quantitative estimate of drug-likeness (QED) is 0.659. The molecule has 2 saturated heterocycles. The second kappa shape index (κ2) is 9.06. The molecule has 0 bridgehead atoms. The molecule has 0 N–H and O–H groups in total. The van der Waals surface area contributed by atoms with Gasteiger partial charge in [0, 0.05) is 36.9 Å². The maximum absolute atomic E-state index is 13.2. The van der Waals surface area contributed by atoms with E-state index in [-0.39, 0.29) is 18.2 Å². The molecule has 2 aromatic carbocycles. The number of piperazine rings is 1. The van der Waals surface area contributed by atoms with E-state index in [9.17, 15) is 9.59 Å². The van der Waals surface area contributed by atoms with Gasteiger partial charge in [-0.1, -0.05) is 36.7 Å². The average Bonchev–Trinajstić information content (AvgIpc) is 3.06. The van der Waals surface area contributed by atoms with Crippen molar-refractivity contribution >= 4 is 34.8 Å². The first kappa shape index (κ1) is 20.7. The van der Waals surface area contributed by atoms with E-state index in [1.54, 1.807) is 6.07 Å². The van der Waals surface area contributed by atoms with Gasteiger partial charge in [-0.3, -0.25) is 14.5 Å². The van der Waals surface area contributed by atoms with E-state index in [1.807, 2.05) is 49.4 Å². The summed E-state index contributed by atoms with van der Waals surface area (Å²) < 4.78 is 5.77. The molecule has 0 spiro atoms. The SMILES string of the molecule is CCCOc1ccccc1N1C(=O)CC(N2CCN(c3cccc(Cl)c3)CC2)C1=O. The van der Waals surface area contributed by atoms with Crippen molar-refractivity contribution in [2.45, 2.75) is 25.8 Å². The molecular formula is C23H26ClN3O3. The molecule has 1 atom stereocenters. The number of carbonyl (C=O) groups is 2. The molecule has 4 rings (SSSR count). The number of hydrogen-bond donors (Lipinski definition) is 0. The normalized spacial score (nSPS) is 20.1. The summed E-state index contributed by atoms with van der Waals surface area (Å²) >= 11 is 6.12. The molecule has 0 radical (unpaired) electrons. The minimum atomic E-state index is -0.418. The molecule has 2 amide bonds. The number of nitrogens with zero attached hydrogens (tertiary/aromatic N) is 3. The highest BCUT2D eigenvalue weighted by Gasteiger charge is 2.44. The Morgan fingerprint density at radius 2 is 1.80 bits per heavy atom. The molecule has 158 valence electrons. The van der Waals surface area contributed by atoms with Crippen LogP contribution < -0.4 is 14.5 Å². The molecule has 2 aromatic rings. The number of ether oxygens (including phenoxy) is 1. The molecule has 0 aromatic heterocycles. The molecule has 7 heteroatoms. The van der Waals surface area contributed by atoms with Crippen LogP contribution in [0.1, 0.15) is 19.8 Å². The smallest absolute Gasteiger partial charge is 0.251 e. The van der Waals surface area contributed by atoms with Crippen molar-refractivity contribution in [3.8, 4) is 5.75 Å². The zero-order valence-electron chi connectivity index (χ0n) is 17.1. The van der Waals surface area contributed by atoms with Gasteiger partial charge >= 0.3 is 0 Å². The van der Waals surface area contributed by atoms with Crippen LogP contribution >= 0.6 is 11.6 Å². The van der Waals surface area contributed by atoms with Gasteiger partial charge in [0.1, 0.15) is 5.75 Å². The first-order valence-electron chi connectivity index (χ1n) is 10.4. The number of hydrogen-bond acceptors (Lipinski definition) is 5. The van der Waals surface area contributed by atoms with Crippen molar-refractivity contribution in [3.05, 3.63) is 53.6 Å². The highest BCUT2D eigenvalue weighted by molar-refractivity contribution is 6.30. The largest absolute Gasteiger partial charge is 0.491 e. The minimum absolute atomic E-state index is 0.163. The molecule has 2 aliphatic rings. The maximum Gasteiger partial charge on any atom is 0.251 e. The molecule has 1 unspecified atom stereocenters. The maximum atomic E-state index is 13.2. The van der Waals surface area contributed by atoms with Gasteiger partial charge in [0.2, 0.25) is 5.91 Å². The van der Waals surface area contributed by atoms with Crippen LogP contribution in [0, 0.1) is 0 Å². The van der Waals surface area contributed by atoms with E-state index >= 15 is 0 Å². The molecule has 0 saturated carbocycles. The van der Waals surface area contributed by atoms with E-state index < -0.39 is 6.04 Å². The van der Waals surface area contributed by atoms with E-state index in [0.717, 1.165) is 38.3 Å². The summed E-state index contributed by atoms with van der Waals surface area (Å²) in [4.78, 5) is 31.7. The monoisotopic (exact) mass is 427 g/mol. The van der Waals surface area contributed by atoms with Gasteiger partial charge in [-0.05, 0) is 36.8 Å². The fraction of sp³-hybridized carbons (Fsp3) is 0.391. The average molecular weight is 428 g/mol. The van der Waals surface area contributed by atoms with Crippen molar-refractivity contribution in [1.29, 1.82) is 0 Å². The minimum Gasteiger partial charge on any atom is -0.491 e. The highest BCUT2D eigenvalue weighted by atomic mass is 35.5. The highest BCUT2D eigenvalue weighted by Crippen LogP contribution is 2.34. The number of carbonyl (C=O) groups excluding carboxylic acids is 2. The standard InChI is InChI=1S/C23H26ClN3O3/c1-2-14-30-21-9-4-3-8-19(21)27-22(28)16-20(23(27)29)26-12-10-25(11-13-26)18-7-5-6-17(24)15-18/h3-9,15,20H,2,10-14,16H2,1H3. The molecule has 2 heterocycles. The predicted octanol–water partition coefficient (Wildman–Crippen LogP) is 3.58. The van der Waals surface area contributed by atoms with Gasteiger partial charge in [0.15, 0.2) is 0 Å². The third-order valence-electron chi connectivity index (χ3n) is 5.62. The third-order valence-corrected chi connectivity index (χ3v) is 5.85. The molecule has 2 fully saturated rings. The first-order chi connectivity index (χ1) is 14.6. The summed E-state index contributed by atoms with van der Waals surface area (Å²) in [5.41, 5.74) is 1.63. The van der Waals surface area contributed by atoms with Crippen molar-refractivity contribution in [2.75, 3.05) is 42.6 Å². The Hall–Kier alpha value is -2.57. The van der Waals surface area contributed by atoms with Crippen LogP contribution in [0.25, 0.3) is 0 Å². The fourth-order valence-electron chi connectivity index (χ4n) is 4.09. The van der Waals surface area contributed by atoms with Crippen LogP contribution in [0.2, 0.25) is 5.02 Å². The summed E-state index contributed by atoms with van der Waals surface area (Å²) in [6.07, 6.45) is 1.06. The van der Waals surface area contributed by atoms with E-state index in [1.165, 1.54) is 4.90 Å². The van der Waals surface area contributed by atoms with Crippen LogP contribution in [-0.2, 0) is 9.59 Å². The Labute approximate surface area is 182 Å². The molecule has 2 aliphatic heterocycles. The number of para-hydroxylation sites is 2. The van der Waals surface area contributed by atoms with Crippen molar-refractivity contribution < 1.29 is 14.3 Å². The van der Waals surface area contributed by atoms with E-state index in [0.29, 0.717) is 23.1 Å². The van der Waals surface area contributed by atoms with Crippen LogP contribution in [0.4, 0.5) is 11.4 Å². The van der Waals surface area contributed by atoms with Crippen LogP contribution in [0.3, 0.4) is 0 Å². The summed E-state index contributed by atoms with van der Waals surface area (Å²) in [6, 6.07) is 14.6. The summed E-state index contributed by atoms with van der Waals surface area (Å²) in [7, 11) is 0. The van der Waals surface area contributed by atoms with Gasteiger partial charge in [-0.25, -0.2) is 4.90 Å². The van der Waals surface area contributed by atoms with Crippen molar-refractivity contribution in [2.24, 2.45) is 0 Å². The number of benzene rings is 2. The molecule has 0 aliphatic carbocycles. The van der Waals surface area contributed by atoms with Crippen molar-refractivity contribution in [1.82, 2.24) is 4.90 Å². The van der Waals surface area contributed by atoms with E-state index in [2.05, 4.69) is 9.80 Å². The van der Waals surface area contributed by atoms with Crippen LogP contribution in [-0.4, -0.2) is 55.5 Å². The predicted molar refractivity (Wildman–Crippen MR) is 118 cm³/mol. The lowest BCUT2D eigenvalue weighted by molar-refractivity contribution is -0.123. The number of amides is 2. The summed E-state index contributed by atoms with van der Waals surface area (Å²) in [5, 5.41) is 0.714. The fourth-order valence-corrected chi connectivity index (χ4v) is 4.28. The topological polar surface area (TPSA) is 53.1 Å². The summed E-state index contributed by atoms with van der Waals surface area (Å²) in [6.45, 7) is 5.58. The van der Waals surface area contributed by atoms with Crippen LogP contribution in [0.15, 0.2) is 48.5 Å². The number of anilines is 2. The number of rotatable bonds is 6. The Morgan fingerprint density at radius 1 is 1.03 bits per heavy atom. The Kier molecular flexibility index (Phi) is 6.25. The van der Waals surface area contributed by atoms with Crippen LogP contribution in [0.5, 0.6) is 5.75 Å². The third kappa shape index (κ3) is 4.16. The Balaban J connectivity index is 1.45. The molecule has 6 nitrogen and oxygen atoms in total. The molecular weight excluding hydrogens is 402 g/mol. The van der Waals surface area contributed by atoms with Gasteiger partial charge in [0.05, 0.1) is 24.8 Å². The zero-order valence-corrected chi connectivity index (χ0v) is 17.8. The van der Waals surface area contributed by atoms with Gasteiger partial charge in [-0.15, -0.1) is 0 Å². The Morgan fingerprint density at radius 3 is 2.53 bits per heavy atom. The summed E-state index contributed by atoms with van der Waals surface area (Å²) in [5.74, 6) is 0.242. The Bertz CT molecular complexity index is 927. The lowest BCUT2D eigenvalue weighted by atomic mass is 10.1. The van der Waals surface area contributed by atoms with Gasteiger partial charge in [-0.2, -0.15) is 0 Å². The van der Waals surface area contributed by atoms with E-state index in [4.69, 9.17) is 16.3 Å². The second-order valence-corrected chi connectivity index (χ2v) is 8.04. The number of imide groups is 1.